The van der Waals surface area contributed by atoms with E-state index < -0.39 is 0 Å². The third kappa shape index (κ3) is 5.10. The zero-order valence-electron chi connectivity index (χ0n) is 17.0. The van der Waals surface area contributed by atoms with E-state index in [9.17, 15) is 9.59 Å². The van der Waals surface area contributed by atoms with Crippen LogP contribution in [0.25, 0.3) is 0 Å². The number of nitrogens with zero attached hydrogens (tertiary/aromatic N) is 1. The van der Waals surface area contributed by atoms with Gasteiger partial charge in [0.1, 0.15) is 0 Å². The molecule has 27 heavy (non-hydrogen) atoms. The molecule has 1 saturated carbocycles. The minimum absolute atomic E-state index is 0.100. The normalized spacial score (nSPS) is 26.6. The number of Topliss-reactive ketones (excluding diaryl/α,β-unsaturated/α-hetero) is 1. The summed E-state index contributed by atoms with van der Waals surface area (Å²) < 4.78 is 0. The number of carbonyl (C=O) groups excluding carboxylic acids is 2. The number of hydrogen-bond acceptors (Lipinski definition) is 3. The number of carbonyl (C=O) groups is 2. The lowest BCUT2D eigenvalue weighted by Gasteiger charge is -2.36. The molecule has 0 unspecified atom stereocenters. The summed E-state index contributed by atoms with van der Waals surface area (Å²) in [6, 6.07) is 8.20. The molecule has 0 spiro atoms. The van der Waals surface area contributed by atoms with Gasteiger partial charge in [-0.2, -0.15) is 0 Å². The van der Waals surface area contributed by atoms with Crippen LogP contribution in [0.15, 0.2) is 24.3 Å². The van der Waals surface area contributed by atoms with Gasteiger partial charge in [-0.1, -0.05) is 26.7 Å². The van der Waals surface area contributed by atoms with E-state index in [2.05, 4.69) is 24.1 Å². The van der Waals surface area contributed by atoms with E-state index in [4.69, 9.17) is 0 Å². The van der Waals surface area contributed by atoms with Gasteiger partial charge in [-0.25, -0.2) is 0 Å². The van der Waals surface area contributed by atoms with Crippen LogP contribution in [0.4, 0.5) is 5.69 Å². The molecular weight excluding hydrogens is 338 g/mol. The first-order chi connectivity index (χ1) is 12.9. The number of piperazine rings is 1. The third-order valence-corrected chi connectivity index (χ3v) is 6.57. The highest BCUT2D eigenvalue weighted by molar-refractivity contribution is 5.94. The Morgan fingerprint density at radius 3 is 2.41 bits per heavy atom. The molecule has 3 atom stereocenters. The second-order valence-corrected chi connectivity index (χ2v) is 8.46. The quantitative estimate of drug-likeness (QED) is 0.771. The molecule has 2 N–H and O–H groups in total. The average molecular weight is 373 g/mol. The van der Waals surface area contributed by atoms with Crippen molar-refractivity contribution in [3.8, 4) is 0 Å². The minimum atomic E-state index is 0.100. The van der Waals surface area contributed by atoms with Gasteiger partial charge in [-0.05, 0) is 49.4 Å². The fourth-order valence-corrected chi connectivity index (χ4v) is 4.44. The highest BCUT2D eigenvalue weighted by Crippen LogP contribution is 2.29. The lowest BCUT2D eigenvalue weighted by Crippen LogP contribution is -3.16. The van der Waals surface area contributed by atoms with E-state index in [1.54, 1.807) is 6.92 Å². The van der Waals surface area contributed by atoms with Crippen LogP contribution in [0.1, 0.15) is 50.4 Å². The molecule has 1 heterocycles. The monoisotopic (exact) mass is 372 g/mol. The predicted molar refractivity (Wildman–Crippen MR) is 108 cm³/mol. The van der Waals surface area contributed by atoms with E-state index in [1.807, 2.05) is 24.3 Å². The van der Waals surface area contributed by atoms with Gasteiger partial charge in [-0.15, -0.1) is 0 Å². The summed E-state index contributed by atoms with van der Waals surface area (Å²) in [5.74, 6) is 1.58. The zero-order chi connectivity index (χ0) is 19.4. The highest BCUT2D eigenvalue weighted by Gasteiger charge is 2.29. The summed E-state index contributed by atoms with van der Waals surface area (Å²) in [5.41, 5.74) is 1.92. The lowest BCUT2D eigenvalue weighted by molar-refractivity contribution is -0.892. The molecule has 1 aliphatic carbocycles. The van der Waals surface area contributed by atoms with Crippen molar-refractivity contribution >= 4 is 17.4 Å². The topological polar surface area (TPSA) is 53.9 Å². The number of quaternary nitrogens is 1. The Balaban J connectivity index is 1.45. The first kappa shape index (κ1) is 19.9. The van der Waals surface area contributed by atoms with Crippen LogP contribution < -0.4 is 15.1 Å². The molecule has 3 rings (SSSR count). The van der Waals surface area contributed by atoms with Crippen LogP contribution in [0.5, 0.6) is 0 Å². The van der Waals surface area contributed by atoms with Crippen LogP contribution in [0.2, 0.25) is 0 Å². The second-order valence-electron chi connectivity index (χ2n) is 8.46. The van der Waals surface area contributed by atoms with Crippen molar-refractivity contribution in [1.82, 2.24) is 5.32 Å². The summed E-state index contributed by atoms with van der Waals surface area (Å²) >= 11 is 0. The van der Waals surface area contributed by atoms with Gasteiger partial charge in [0, 0.05) is 17.3 Å². The first-order valence-corrected chi connectivity index (χ1v) is 10.4. The predicted octanol–water partition coefficient (Wildman–Crippen LogP) is 1.54. The van der Waals surface area contributed by atoms with Crippen molar-refractivity contribution in [1.29, 1.82) is 0 Å². The Morgan fingerprint density at radius 1 is 1.11 bits per heavy atom. The molecule has 1 amide bonds. The van der Waals surface area contributed by atoms with Gasteiger partial charge in [0.15, 0.2) is 12.3 Å². The van der Waals surface area contributed by atoms with E-state index in [1.165, 1.54) is 17.7 Å². The van der Waals surface area contributed by atoms with Crippen molar-refractivity contribution in [2.24, 2.45) is 11.8 Å². The maximum atomic E-state index is 12.5. The molecule has 1 aromatic carbocycles. The lowest BCUT2D eigenvalue weighted by atomic mass is 9.78. The molecule has 1 aliphatic heterocycles. The maximum absolute atomic E-state index is 12.5. The van der Waals surface area contributed by atoms with Crippen LogP contribution in [-0.2, 0) is 4.79 Å². The fraction of sp³-hybridized carbons (Fsp3) is 0.636. The van der Waals surface area contributed by atoms with Gasteiger partial charge in [0.05, 0.1) is 26.2 Å². The standard InChI is InChI=1S/C22H33N3O2/c1-16-5-4-6-21(17(16)2)23-22(27)15-24-11-13-25(14-12-24)20-9-7-19(8-10-20)18(3)26/h7-10,16-17,21H,4-6,11-15H2,1-3H3,(H,23,27)/p+1/t16-,17+,21+/m0/s1. The maximum Gasteiger partial charge on any atom is 0.275 e. The van der Waals surface area contributed by atoms with Crippen molar-refractivity contribution in [3.63, 3.8) is 0 Å². The molecular formula is C22H34N3O2+. The van der Waals surface area contributed by atoms with Crippen LogP contribution in [-0.4, -0.2) is 50.5 Å². The third-order valence-electron chi connectivity index (χ3n) is 6.57. The molecule has 0 radical (unpaired) electrons. The van der Waals surface area contributed by atoms with Gasteiger partial charge in [0.2, 0.25) is 0 Å². The Bertz CT molecular complexity index is 650. The number of hydrogen-bond donors (Lipinski definition) is 2. The molecule has 2 aliphatic rings. The van der Waals surface area contributed by atoms with E-state index in [0.717, 1.165) is 43.9 Å². The molecule has 148 valence electrons. The SMILES string of the molecule is CC(=O)c1ccc(N2CC[NH+](CC(=O)N[C@@H]3CCC[C@H](C)[C@H]3C)CC2)cc1. The Kier molecular flexibility index (Phi) is 6.53. The molecule has 2 fully saturated rings. The Hall–Kier alpha value is -1.88. The minimum Gasteiger partial charge on any atom is -0.360 e. The fourth-order valence-electron chi connectivity index (χ4n) is 4.44. The van der Waals surface area contributed by atoms with Crippen molar-refractivity contribution in [3.05, 3.63) is 29.8 Å². The van der Waals surface area contributed by atoms with Gasteiger partial charge < -0.3 is 15.1 Å². The molecule has 5 nitrogen and oxygen atoms in total. The number of nitrogens with one attached hydrogen (secondary N) is 2. The van der Waals surface area contributed by atoms with Crippen molar-refractivity contribution in [2.45, 2.75) is 46.1 Å². The van der Waals surface area contributed by atoms with E-state index in [0.29, 0.717) is 24.4 Å². The summed E-state index contributed by atoms with van der Waals surface area (Å²) in [4.78, 5) is 27.6. The van der Waals surface area contributed by atoms with Crippen LogP contribution in [0, 0.1) is 11.8 Å². The van der Waals surface area contributed by atoms with E-state index in [-0.39, 0.29) is 11.7 Å². The number of benzene rings is 1. The molecule has 0 bridgehead atoms. The largest absolute Gasteiger partial charge is 0.360 e. The number of rotatable bonds is 5. The van der Waals surface area contributed by atoms with Gasteiger partial charge in [0.25, 0.3) is 5.91 Å². The van der Waals surface area contributed by atoms with E-state index >= 15 is 0 Å². The summed E-state index contributed by atoms with van der Waals surface area (Å²) in [7, 11) is 0. The highest BCUT2D eigenvalue weighted by atomic mass is 16.2. The molecule has 1 aromatic rings. The van der Waals surface area contributed by atoms with Crippen LogP contribution >= 0.6 is 0 Å². The number of amides is 1. The Labute approximate surface area is 163 Å². The average Bonchev–Trinajstić information content (AvgIpc) is 2.66. The van der Waals surface area contributed by atoms with Crippen molar-refractivity contribution < 1.29 is 14.5 Å². The number of ketones is 1. The zero-order valence-corrected chi connectivity index (χ0v) is 17.0. The van der Waals surface area contributed by atoms with Crippen molar-refractivity contribution in [2.75, 3.05) is 37.6 Å². The van der Waals surface area contributed by atoms with Crippen LogP contribution in [0.3, 0.4) is 0 Å². The summed E-state index contributed by atoms with van der Waals surface area (Å²) in [6.07, 6.45) is 3.63. The molecule has 1 saturated heterocycles. The first-order valence-electron chi connectivity index (χ1n) is 10.4. The second kappa shape index (κ2) is 8.87. The smallest absolute Gasteiger partial charge is 0.275 e. The molecule has 0 aromatic heterocycles. The summed E-state index contributed by atoms with van der Waals surface area (Å²) in [5, 5.41) is 3.30. The number of anilines is 1. The van der Waals surface area contributed by atoms with Gasteiger partial charge in [-0.3, -0.25) is 9.59 Å². The van der Waals surface area contributed by atoms with Gasteiger partial charge >= 0.3 is 0 Å². The Morgan fingerprint density at radius 2 is 1.78 bits per heavy atom. The molecule has 5 heteroatoms. The summed E-state index contributed by atoms with van der Waals surface area (Å²) in [6.45, 7) is 10.6.